The van der Waals surface area contributed by atoms with Gasteiger partial charge in [0.25, 0.3) is 0 Å². The third-order valence-corrected chi connectivity index (χ3v) is 4.70. The first-order valence-corrected chi connectivity index (χ1v) is 9.45. The third-order valence-electron chi connectivity index (χ3n) is 4.70. The zero-order valence-electron chi connectivity index (χ0n) is 15.6. The molecule has 0 bridgehead atoms. The average molecular weight is 394 g/mol. The lowest BCUT2D eigenvalue weighted by Gasteiger charge is -2.38. The highest BCUT2D eigenvalue weighted by atomic mass is 16.7. The molecule has 0 radical (unpaired) electrons. The minimum Gasteiger partial charge on any atom is -0.491 e. The maximum atomic E-state index is 12.5. The topological polar surface area (TPSA) is 118 Å². The second-order valence-electron chi connectivity index (χ2n) is 6.86. The molecule has 154 valence electrons. The highest BCUT2D eigenvalue weighted by Gasteiger charge is 2.34. The number of carbonyl (C=O) groups is 2. The number of hydrogen-bond donors (Lipinski definition) is 3. The number of carbonyl (C=O) groups excluding carboxylic acids is 1. The number of benzene rings is 1. The molecular weight excluding hydrogens is 368 g/mol. The average Bonchev–Trinajstić information content (AvgIpc) is 2.68. The van der Waals surface area contributed by atoms with Gasteiger partial charge >= 0.3 is 6.09 Å². The minimum absolute atomic E-state index is 0.159. The predicted molar refractivity (Wildman–Crippen MR) is 98.0 cm³/mol. The van der Waals surface area contributed by atoms with Crippen LogP contribution in [-0.2, 0) is 14.3 Å². The van der Waals surface area contributed by atoms with Crippen LogP contribution in [0.4, 0.5) is 4.79 Å². The highest BCUT2D eigenvalue weighted by Crippen LogP contribution is 2.22. The van der Waals surface area contributed by atoms with E-state index in [2.05, 4.69) is 5.32 Å². The van der Waals surface area contributed by atoms with E-state index in [0.717, 1.165) is 25.9 Å². The summed E-state index contributed by atoms with van der Waals surface area (Å²) in [6.45, 7) is 1.92. The zero-order chi connectivity index (χ0) is 19.9. The lowest BCUT2D eigenvalue weighted by molar-refractivity contribution is -0.165. The number of rotatable bonds is 8. The Bertz CT molecular complexity index is 655. The molecule has 9 heteroatoms. The number of ether oxygens (including phenoxy) is 3. The molecular formula is C19H26N2O7. The fourth-order valence-corrected chi connectivity index (χ4v) is 3.17. The number of likely N-dealkylation sites (tertiary alicyclic amines) is 1. The van der Waals surface area contributed by atoms with Crippen molar-refractivity contribution in [2.45, 2.75) is 37.7 Å². The van der Waals surface area contributed by atoms with Crippen LogP contribution in [0.5, 0.6) is 5.75 Å². The standard InChI is InChI=1S/C19H26N2O7/c22-14-11-21(12-14)18(23)17(20-19(24)25)13-4-6-15(7-5-13)26-9-10-28-16-3-1-2-8-27-16/h4-7,14,16-17,20,22H,1-3,8-12H2,(H,24,25). The van der Waals surface area contributed by atoms with E-state index in [1.807, 2.05) is 0 Å². The molecule has 2 heterocycles. The molecule has 2 aliphatic rings. The minimum atomic E-state index is -1.29. The number of carboxylic acid groups (broad SMARTS) is 1. The van der Waals surface area contributed by atoms with Gasteiger partial charge in [0.05, 0.1) is 12.7 Å². The van der Waals surface area contributed by atoms with E-state index in [9.17, 15) is 14.7 Å². The maximum Gasteiger partial charge on any atom is 0.405 e. The molecule has 0 aromatic heterocycles. The van der Waals surface area contributed by atoms with Crippen molar-refractivity contribution in [2.24, 2.45) is 0 Å². The number of nitrogens with one attached hydrogen (secondary N) is 1. The Morgan fingerprint density at radius 1 is 1.21 bits per heavy atom. The molecule has 3 rings (SSSR count). The van der Waals surface area contributed by atoms with Gasteiger partial charge in [0, 0.05) is 19.7 Å². The van der Waals surface area contributed by atoms with E-state index >= 15 is 0 Å². The lowest BCUT2D eigenvalue weighted by Crippen LogP contribution is -2.56. The van der Waals surface area contributed by atoms with Crippen molar-refractivity contribution in [1.82, 2.24) is 10.2 Å². The summed E-state index contributed by atoms with van der Waals surface area (Å²) in [5.74, 6) is 0.208. The van der Waals surface area contributed by atoms with Crippen LogP contribution in [0.25, 0.3) is 0 Å². The summed E-state index contributed by atoms with van der Waals surface area (Å²) in [6, 6.07) is 5.64. The number of aliphatic hydroxyl groups excluding tert-OH is 1. The van der Waals surface area contributed by atoms with E-state index in [0.29, 0.717) is 24.5 Å². The number of nitrogens with zero attached hydrogens (tertiary/aromatic N) is 1. The summed E-state index contributed by atoms with van der Waals surface area (Å²) >= 11 is 0. The molecule has 2 amide bonds. The first kappa shape index (κ1) is 20.4. The van der Waals surface area contributed by atoms with Crippen LogP contribution in [0.2, 0.25) is 0 Å². The Morgan fingerprint density at radius 3 is 2.57 bits per heavy atom. The predicted octanol–water partition coefficient (Wildman–Crippen LogP) is 1.12. The van der Waals surface area contributed by atoms with Crippen molar-refractivity contribution in [2.75, 3.05) is 32.9 Å². The second kappa shape index (κ2) is 9.72. The summed E-state index contributed by atoms with van der Waals surface area (Å²) < 4.78 is 16.7. The SMILES string of the molecule is O=C(O)NC(C(=O)N1CC(O)C1)c1ccc(OCCOC2CCCCO2)cc1. The van der Waals surface area contributed by atoms with Crippen molar-refractivity contribution in [1.29, 1.82) is 0 Å². The molecule has 0 saturated carbocycles. The smallest absolute Gasteiger partial charge is 0.405 e. The van der Waals surface area contributed by atoms with Crippen LogP contribution in [0.15, 0.2) is 24.3 Å². The Labute approximate surface area is 163 Å². The molecule has 1 aromatic rings. The number of aliphatic hydroxyl groups is 1. The van der Waals surface area contributed by atoms with E-state index in [4.69, 9.17) is 19.3 Å². The molecule has 2 fully saturated rings. The Kier molecular flexibility index (Phi) is 7.07. The summed E-state index contributed by atoms with van der Waals surface area (Å²) in [5.41, 5.74) is 0.507. The Morgan fingerprint density at radius 2 is 1.96 bits per heavy atom. The first-order chi connectivity index (χ1) is 13.5. The molecule has 1 aromatic carbocycles. The number of amides is 2. The van der Waals surface area contributed by atoms with E-state index in [1.54, 1.807) is 24.3 Å². The molecule has 0 aliphatic carbocycles. The van der Waals surface area contributed by atoms with Crippen LogP contribution in [0.3, 0.4) is 0 Å². The molecule has 2 aliphatic heterocycles. The summed E-state index contributed by atoms with van der Waals surface area (Å²) in [4.78, 5) is 25.0. The number of hydrogen-bond acceptors (Lipinski definition) is 6. The lowest BCUT2D eigenvalue weighted by atomic mass is 10.0. The summed E-state index contributed by atoms with van der Waals surface area (Å²) in [5, 5.41) is 20.6. The molecule has 2 atom stereocenters. The molecule has 3 N–H and O–H groups in total. The molecule has 2 saturated heterocycles. The maximum absolute atomic E-state index is 12.5. The van der Waals surface area contributed by atoms with Gasteiger partial charge in [-0.1, -0.05) is 12.1 Å². The van der Waals surface area contributed by atoms with Gasteiger partial charge in [0.1, 0.15) is 18.4 Å². The van der Waals surface area contributed by atoms with Crippen LogP contribution in [0, 0.1) is 0 Å². The van der Waals surface area contributed by atoms with E-state index in [1.165, 1.54) is 4.90 Å². The molecule has 0 spiro atoms. The quantitative estimate of drug-likeness (QED) is 0.566. The zero-order valence-corrected chi connectivity index (χ0v) is 15.6. The highest BCUT2D eigenvalue weighted by molar-refractivity contribution is 5.87. The van der Waals surface area contributed by atoms with Gasteiger partial charge in [0.15, 0.2) is 6.29 Å². The molecule has 2 unspecified atom stereocenters. The van der Waals surface area contributed by atoms with Crippen molar-refractivity contribution in [3.05, 3.63) is 29.8 Å². The van der Waals surface area contributed by atoms with E-state index in [-0.39, 0.29) is 25.3 Å². The van der Waals surface area contributed by atoms with Crippen molar-refractivity contribution >= 4 is 12.0 Å². The van der Waals surface area contributed by atoms with Gasteiger partial charge in [-0.05, 0) is 37.0 Å². The number of β-amino-alcohol motifs (C(OH)–C–C–N with tert-alkyl or cyclic N) is 1. The monoisotopic (exact) mass is 394 g/mol. The normalized spacial score (nSPS) is 20.9. The summed E-state index contributed by atoms with van der Waals surface area (Å²) in [6.07, 6.45) is 1.07. The van der Waals surface area contributed by atoms with Crippen molar-refractivity contribution in [3.63, 3.8) is 0 Å². The molecule has 28 heavy (non-hydrogen) atoms. The van der Waals surface area contributed by atoms with Crippen molar-refractivity contribution in [3.8, 4) is 5.75 Å². The molecule has 9 nitrogen and oxygen atoms in total. The summed E-state index contributed by atoms with van der Waals surface area (Å²) in [7, 11) is 0. The largest absolute Gasteiger partial charge is 0.491 e. The van der Waals surface area contributed by atoms with Gasteiger partial charge in [-0.15, -0.1) is 0 Å². The van der Waals surface area contributed by atoms with Gasteiger partial charge in [-0.3, -0.25) is 4.79 Å². The van der Waals surface area contributed by atoms with Crippen LogP contribution >= 0.6 is 0 Å². The Hall–Kier alpha value is -2.36. The third kappa shape index (κ3) is 5.57. The Balaban J connectivity index is 1.50. The van der Waals surface area contributed by atoms with Gasteiger partial charge in [0.2, 0.25) is 5.91 Å². The second-order valence-corrected chi connectivity index (χ2v) is 6.86. The first-order valence-electron chi connectivity index (χ1n) is 9.45. The van der Waals surface area contributed by atoms with Crippen LogP contribution in [-0.4, -0.2) is 72.4 Å². The van der Waals surface area contributed by atoms with Gasteiger partial charge < -0.3 is 34.6 Å². The van der Waals surface area contributed by atoms with Gasteiger partial charge in [-0.2, -0.15) is 0 Å². The fraction of sp³-hybridized carbons (Fsp3) is 0.579. The fourth-order valence-electron chi connectivity index (χ4n) is 3.17. The van der Waals surface area contributed by atoms with Crippen LogP contribution < -0.4 is 10.1 Å². The van der Waals surface area contributed by atoms with Crippen molar-refractivity contribution < 1.29 is 34.0 Å². The van der Waals surface area contributed by atoms with Gasteiger partial charge in [-0.25, -0.2) is 4.79 Å². The van der Waals surface area contributed by atoms with E-state index < -0.39 is 18.2 Å². The van der Waals surface area contributed by atoms with Crippen LogP contribution in [0.1, 0.15) is 30.9 Å².